The van der Waals surface area contributed by atoms with Gasteiger partial charge in [0.05, 0.1) is 4.90 Å². The number of carbonyl (C=O) groups is 1. The number of hydrogen-bond donors (Lipinski definition) is 1. The number of piperazine rings is 1. The summed E-state index contributed by atoms with van der Waals surface area (Å²) in [7, 11) is -1.57. The van der Waals surface area contributed by atoms with Crippen LogP contribution in [0, 0.1) is 5.92 Å². The molecule has 144 valence electrons. The van der Waals surface area contributed by atoms with Crippen molar-refractivity contribution in [3.63, 3.8) is 0 Å². The Balaban J connectivity index is 1.74. The third kappa shape index (κ3) is 4.27. The van der Waals surface area contributed by atoms with Gasteiger partial charge in [0.25, 0.3) is 5.91 Å². The Bertz CT molecular complexity index is 742. The number of hydrogen-bond acceptors (Lipinski definition) is 4. The van der Waals surface area contributed by atoms with E-state index in [9.17, 15) is 13.2 Å². The SMILES string of the molecule is C[C@H]1CCCC[C@@H]1NC(=O)c1cccc(S(=O)(=O)N2CCN(C)CC2)c1. The number of nitrogens with one attached hydrogen (secondary N) is 1. The fourth-order valence-electron chi connectivity index (χ4n) is 3.76. The molecule has 1 aliphatic heterocycles. The minimum absolute atomic E-state index is 0.175. The number of likely N-dealkylation sites (N-methyl/N-ethyl adjacent to an activating group) is 1. The van der Waals surface area contributed by atoms with Gasteiger partial charge in [-0.2, -0.15) is 4.31 Å². The summed E-state index contributed by atoms with van der Waals surface area (Å²) >= 11 is 0. The molecule has 1 aromatic carbocycles. The summed E-state index contributed by atoms with van der Waals surface area (Å²) in [6.07, 6.45) is 4.47. The predicted octanol–water partition coefficient (Wildman–Crippen LogP) is 1.93. The van der Waals surface area contributed by atoms with Gasteiger partial charge < -0.3 is 10.2 Å². The molecular weight excluding hydrogens is 350 g/mol. The topological polar surface area (TPSA) is 69.7 Å². The Hall–Kier alpha value is -1.44. The van der Waals surface area contributed by atoms with E-state index in [4.69, 9.17) is 0 Å². The van der Waals surface area contributed by atoms with Crippen molar-refractivity contribution in [2.75, 3.05) is 33.2 Å². The average molecular weight is 380 g/mol. The van der Waals surface area contributed by atoms with Crippen molar-refractivity contribution >= 4 is 15.9 Å². The highest BCUT2D eigenvalue weighted by atomic mass is 32.2. The van der Waals surface area contributed by atoms with Gasteiger partial charge in [0.15, 0.2) is 0 Å². The van der Waals surface area contributed by atoms with Crippen LogP contribution in [0.3, 0.4) is 0 Å². The van der Waals surface area contributed by atoms with E-state index in [2.05, 4.69) is 17.1 Å². The largest absolute Gasteiger partial charge is 0.349 e. The summed E-state index contributed by atoms with van der Waals surface area (Å²) in [5, 5.41) is 3.09. The van der Waals surface area contributed by atoms with E-state index in [0.717, 1.165) is 32.4 Å². The monoisotopic (exact) mass is 379 g/mol. The van der Waals surface area contributed by atoms with Crippen LogP contribution in [0.15, 0.2) is 29.2 Å². The first kappa shape index (κ1) is 19.3. The van der Waals surface area contributed by atoms with E-state index < -0.39 is 10.0 Å². The Kier molecular flexibility index (Phi) is 5.99. The normalized spacial score (nSPS) is 25.8. The second-order valence-electron chi connectivity index (χ2n) is 7.58. The van der Waals surface area contributed by atoms with Crippen molar-refractivity contribution in [1.29, 1.82) is 0 Å². The van der Waals surface area contributed by atoms with Gasteiger partial charge in [-0.1, -0.05) is 25.8 Å². The average Bonchev–Trinajstić information content (AvgIpc) is 2.64. The van der Waals surface area contributed by atoms with Gasteiger partial charge in [0.1, 0.15) is 0 Å². The molecule has 1 heterocycles. The molecule has 2 atom stereocenters. The minimum atomic E-state index is -3.56. The van der Waals surface area contributed by atoms with Crippen LogP contribution in [0.5, 0.6) is 0 Å². The second kappa shape index (κ2) is 8.06. The molecule has 2 fully saturated rings. The summed E-state index contributed by atoms with van der Waals surface area (Å²) in [6.45, 7) is 4.57. The predicted molar refractivity (Wildman–Crippen MR) is 102 cm³/mol. The Morgan fingerprint density at radius 1 is 1.12 bits per heavy atom. The minimum Gasteiger partial charge on any atom is -0.349 e. The molecule has 1 N–H and O–H groups in total. The maximum atomic E-state index is 12.9. The highest BCUT2D eigenvalue weighted by Gasteiger charge is 2.28. The van der Waals surface area contributed by atoms with Crippen LogP contribution in [0.25, 0.3) is 0 Å². The highest BCUT2D eigenvalue weighted by molar-refractivity contribution is 7.89. The van der Waals surface area contributed by atoms with E-state index >= 15 is 0 Å². The molecule has 0 radical (unpaired) electrons. The number of benzene rings is 1. The lowest BCUT2D eigenvalue weighted by atomic mass is 9.86. The molecule has 2 aliphatic rings. The molecule has 3 rings (SSSR count). The van der Waals surface area contributed by atoms with Crippen molar-refractivity contribution in [1.82, 2.24) is 14.5 Å². The zero-order valence-corrected chi connectivity index (χ0v) is 16.5. The molecule has 1 aromatic rings. The highest BCUT2D eigenvalue weighted by Crippen LogP contribution is 2.24. The van der Waals surface area contributed by atoms with Gasteiger partial charge in [0, 0.05) is 37.8 Å². The first-order valence-corrected chi connectivity index (χ1v) is 10.9. The molecule has 1 saturated carbocycles. The summed E-state index contributed by atoms with van der Waals surface area (Å²) in [6, 6.07) is 6.60. The van der Waals surface area contributed by atoms with E-state index in [-0.39, 0.29) is 16.8 Å². The van der Waals surface area contributed by atoms with E-state index in [0.29, 0.717) is 24.6 Å². The van der Waals surface area contributed by atoms with Gasteiger partial charge >= 0.3 is 0 Å². The summed E-state index contributed by atoms with van der Waals surface area (Å²) in [5.74, 6) is 0.282. The number of rotatable bonds is 4. The molecular formula is C19H29N3O3S. The van der Waals surface area contributed by atoms with Gasteiger partial charge in [0.2, 0.25) is 10.0 Å². The van der Waals surface area contributed by atoms with Crippen molar-refractivity contribution in [3.8, 4) is 0 Å². The molecule has 7 heteroatoms. The van der Waals surface area contributed by atoms with Crippen LogP contribution < -0.4 is 5.32 Å². The molecule has 0 bridgehead atoms. The van der Waals surface area contributed by atoms with Crippen LogP contribution >= 0.6 is 0 Å². The Morgan fingerprint density at radius 3 is 2.50 bits per heavy atom. The summed E-state index contributed by atoms with van der Waals surface area (Å²) < 4.78 is 27.3. The Morgan fingerprint density at radius 2 is 1.81 bits per heavy atom. The Labute approximate surface area is 156 Å². The standard InChI is InChI=1S/C19H29N3O3S/c1-15-6-3-4-9-18(15)20-19(23)16-7-5-8-17(14-16)26(24,25)22-12-10-21(2)11-13-22/h5,7-8,14-15,18H,3-4,6,9-13H2,1-2H3,(H,20,23)/t15-,18-/m0/s1. The first-order chi connectivity index (χ1) is 12.4. The maximum Gasteiger partial charge on any atom is 0.251 e. The van der Waals surface area contributed by atoms with Gasteiger partial charge in [-0.25, -0.2) is 8.42 Å². The van der Waals surface area contributed by atoms with E-state index in [1.54, 1.807) is 18.2 Å². The molecule has 6 nitrogen and oxygen atoms in total. The quantitative estimate of drug-likeness (QED) is 0.868. The number of amides is 1. The van der Waals surface area contributed by atoms with Gasteiger partial charge in [-0.15, -0.1) is 0 Å². The van der Waals surface area contributed by atoms with Crippen LogP contribution in [0.4, 0.5) is 0 Å². The number of nitrogens with zero attached hydrogens (tertiary/aromatic N) is 2. The van der Waals surface area contributed by atoms with Crippen molar-refractivity contribution < 1.29 is 13.2 Å². The van der Waals surface area contributed by atoms with Crippen molar-refractivity contribution in [3.05, 3.63) is 29.8 Å². The molecule has 26 heavy (non-hydrogen) atoms. The fourth-order valence-corrected chi connectivity index (χ4v) is 5.23. The molecule has 0 spiro atoms. The van der Waals surface area contributed by atoms with Crippen LogP contribution in [-0.2, 0) is 10.0 Å². The number of carbonyl (C=O) groups excluding carboxylic acids is 1. The van der Waals surface area contributed by atoms with E-state index in [1.807, 2.05) is 7.05 Å². The zero-order valence-electron chi connectivity index (χ0n) is 15.6. The molecule has 0 aromatic heterocycles. The number of sulfonamides is 1. The second-order valence-corrected chi connectivity index (χ2v) is 9.51. The molecule has 1 aliphatic carbocycles. The first-order valence-electron chi connectivity index (χ1n) is 9.47. The summed E-state index contributed by atoms with van der Waals surface area (Å²) in [5.41, 5.74) is 0.415. The smallest absolute Gasteiger partial charge is 0.251 e. The van der Waals surface area contributed by atoms with Crippen molar-refractivity contribution in [2.24, 2.45) is 5.92 Å². The molecule has 0 unspecified atom stereocenters. The third-order valence-electron chi connectivity index (χ3n) is 5.62. The maximum absolute atomic E-state index is 12.9. The lowest BCUT2D eigenvalue weighted by Gasteiger charge is -2.31. The molecule has 1 saturated heterocycles. The lowest BCUT2D eigenvalue weighted by molar-refractivity contribution is 0.0910. The lowest BCUT2D eigenvalue weighted by Crippen LogP contribution is -2.47. The van der Waals surface area contributed by atoms with Crippen molar-refractivity contribution in [2.45, 2.75) is 43.5 Å². The summed E-state index contributed by atoms with van der Waals surface area (Å²) in [4.78, 5) is 14.9. The van der Waals surface area contributed by atoms with Crippen LogP contribution in [0.2, 0.25) is 0 Å². The van der Waals surface area contributed by atoms with E-state index in [1.165, 1.54) is 16.8 Å². The van der Waals surface area contributed by atoms with Gasteiger partial charge in [-0.3, -0.25) is 4.79 Å². The van der Waals surface area contributed by atoms with Crippen LogP contribution in [-0.4, -0.2) is 62.8 Å². The van der Waals surface area contributed by atoms with Crippen LogP contribution in [0.1, 0.15) is 43.0 Å². The molecule has 1 amide bonds. The fraction of sp³-hybridized carbons (Fsp3) is 0.632. The zero-order chi connectivity index (χ0) is 18.7. The van der Waals surface area contributed by atoms with Gasteiger partial charge in [-0.05, 0) is 44.0 Å². The third-order valence-corrected chi connectivity index (χ3v) is 7.52.